The molecule has 2 aliphatic rings. The van der Waals surface area contributed by atoms with E-state index in [1.165, 1.54) is 5.38 Å². The number of nitrogens with one attached hydrogen (secondary N) is 1. The van der Waals surface area contributed by atoms with Crippen molar-refractivity contribution in [1.82, 2.24) is 10.2 Å². The number of amides is 4. The molecule has 4 amide bonds. The van der Waals surface area contributed by atoms with E-state index in [9.17, 15) is 19.2 Å². The normalized spacial score (nSPS) is 25.3. The molecule has 0 aliphatic carbocycles. The summed E-state index contributed by atoms with van der Waals surface area (Å²) in [5, 5.41) is 4.02. The van der Waals surface area contributed by atoms with E-state index in [1.807, 2.05) is 0 Å². The molecule has 3 N–H and O–H groups in total. The molecule has 0 radical (unpaired) electrons. The molecule has 21 heavy (non-hydrogen) atoms. The highest BCUT2D eigenvalue weighted by Crippen LogP contribution is 2.40. The number of fused-ring (bicyclic) bond motifs is 1. The maximum absolute atomic E-state index is 12.5. The maximum atomic E-state index is 12.5. The Labute approximate surface area is 124 Å². The predicted octanol–water partition coefficient (Wildman–Crippen LogP) is 0.512. The summed E-state index contributed by atoms with van der Waals surface area (Å²) in [6.45, 7) is 1.71. The number of imide groups is 2. The minimum atomic E-state index is -1.31. The van der Waals surface area contributed by atoms with Gasteiger partial charge in [-0.2, -0.15) is 0 Å². The lowest BCUT2D eigenvalue weighted by Crippen LogP contribution is -2.64. The third-order valence-corrected chi connectivity index (χ3v) is 4.94. The van der Waals surface area contributed by atoms with E-state index in [0.717, 1.165) is 16.2 Å². The number of hydrogen-bond donors (Lipinski definition) is 2. The summed E-state index contributed by atoms with van der Waals surface area (Å²) in [4.78, 5) is 49.6. The highest BCUT2D eigenvalue weighted by Gasteiger charge is 2.55. The highest BCUT2D eigenvalue weighted by molar-refractivity contribution is 7.14. The molecule has 1 atom stereocenters. The second kappa shape index (κ2) is 4.39. The summed E-state index contributed by atoms with van der Waals surface area (Å²) >= 11 is 1.13. The summed E-state index contributed by atoms with van der Waals surface area (Å²) in [6.07, 6.45) is 0.482. The van der Waals surface area contributed by atoms with Crippen LogP contribution in [0.1, 0.15) is 46.9 Å². The van der Waals surface area contributed by atoms with Gasteiger partial charge in [0, 0.05) is 11.8 Å². The molecule has 0 saturated carbocycles. The monoisotopic (exact) mass is 307 g/mol. The van der Waals surface area contributed by atoms with Gasteiger partial charge in [0.15, 0.2) is 0 Å². The molecule has 2 aliphatic heterocycles. The van der Waals surface area contributed by atoms with E-state index in [2.05, 4.69) is 5.32 Å². The number of anilines is 1. The number of nitrogens with zero attached hydrogens (tertiary/aromatic N) is 1. The Bertz CT molecular complexity index is 696. The van der Waals surface area contributed by atoms with Crippen molar-refractivity contribution >= 4 is 40.0 Å². The molecule has 1 aromatic rings. The largest absolute Gasteiger partial charge is 0.390 e. The fraction of sp³-hybridized carbons (Fsp3) is 0.385. The molecule has 3 rings (SSSR count). The first-order chi connectivity index (χ1) is 9.92. The van der Waals surface area contributed by atoms with E-state index in [0.29, 0.717) is 0 Å². The smallest absolute Gasteiger partial charge is 0.265 e. The molecule has 0 unspecified atom stereocenters. The lowest BCUT2D eigenvalue weighted by Gasteiger charge is -2.40. The molecule has 110 valence electrons. The number of rotatable bonds is 2. The zero-order chi connectivity index (χ0) is 15.4. The van der Waals surface area contributed by atoms with E-state index >= 15 is 0 Å². The molecule has 0 spiro atoms. The molecule has 0 aromatic carbocycles. The molecule has 8 heteroatoms. The van der Waals surface area contributed by atoms with E-state index < -0.39 is 29.2 Å². The third kappa shape index (κ3) is 1.65. The molecule has 7 nitrogen and oxygen atoms in total. The Morgan fingerprint density at radius 3 is 2.62 bits per heavy atom. The van der Waals surface area contributed by atoms with Gasteiger partial charge in [0.25, 0.3) is 17.7 Å². The van der Waals surface area contributed by atoms with Crippen LogP contribution in [-0.4, -0.2) is 34.1 Å². The number of nitrogens with two attached hydrogens (primary N) is 1. The van der Waals surface area contributed by atoms with E-state index in [-0.39, 0.29) is 35.4 Å². The van der Waals surface area contributed by atoms with Crippen LogP contribution in [0.5, 0.6) is 0 Å². The molecular weight excluding hydrogens is 294 g/mol. The number of piperidine rings is 1. The average molecular weight is 307 g/mol. The molecule has 3 heterocycles. The van der Waals surface area contributed by atoms with Crippen molar-refractivity contribution in [2.45, 2.75) is 31.7 Å². The Morgan fingerprint density at radius 2 is 2.05 bits per heavy atom. The quantitative estimate of drug-likeness (QED) is 0.774. The standard InChI is InChI=1S/C13H13N3O4S/c1-2-13(4-3-7(17)15-12(13)20)16-10(18)6-5-21-9(14)8(6)11(16)19/h5H,2-4,14H2,1H3,(H,15,17,20)/t13-/m0/s1. The van der Waals surface area contributed by atoms with Crippen molar-refractivity contribution in [3.8, 4) is 0 Å². The van der Waals surface area contributed by atoms with Crippen molar-refractivity contribution in [3.63, 3.8) is 0 Å². The van der Waals surface area contributed by atoms with Crippen molar-refractivity contribution in [2.24, 2.45) is 0 Å². The van der Waals surface area contributed by atoms with Gasteiger partial charge in [0.1, 0.15) is 5.54 Å². The van der Waals surface area contributed by atoms with Gasteiger partial charge in [-0.25, -0.2) is 0 Å². The summed E-state index contributed by atoms with van der Waals surface area (Å²) in [5.74, 6) is -2.07. The SMILES string of the molecule is CC[C@]1(N2C(=O)c3csc(N)c3C2=O)CCC(=O)NC1=O. The fourth-order valence-electron chi connectivity index (χ4n) is 2.91. The van der Waals surface area contributed by atoms with Crippen LogP contribution >= 0.6 is 11.3 Å². The van der Waals surface area contributed by atoms with Crippen LogP contribution in [0.4, 0.5) is 5.00 Å². The topological polar surface area (TPSA) is 110 Å². The number of carbonyl (C=O) groups is 4. The van der Waals surface area contributed by atoms with Crippen LogP contribution in [0.15, 0.2) is 5.38 Å². The van der Waals surface area contributed by atoms with E-state index in [4.69, 9.17) is 5.73 Å². The summed E-state index contributed by atoms with van der Waals surface area (Å²) in [5.41, 5.74) is 4.83. The molecule has 1 fully saturated rings. The number of carbonyl (C=O) groups excluding carboxylic acids is 4. The van der Waals surface area contributed by atoms with E-state index in [1.54, 1.807) is 6.92 Å². The Kier molecular flexibility index (Phi) is 2.87. The van der Waals surface area contributed by atoms with Gasteiger partial charge in [-0.05, 0) is 12.8 Å². The van der Waals surface area contributed by atoms with Crippen molar-refractivity contribution in [3.05, 3.63) is 16.5 Å². The zero-order valence-corrected chi connectivity index (χ0v) is 12.1. The maximum Gasteiger partial charge on any atom is 0.265 e. The van der Waals surface area contributed by atoms with Crippen LogP contribution in [0.2, 0.25) is 0 Å². The Morgan fingerprint density at radius 1 is 1.33 bits per heavy atom. The van der Waals surface area contributed by atoms with Crippen LogP contribution in [0.3, 0.4) is 0 Å². The minimum Gasteiger partial charge on any atom is -0.390 e. The molecule has 1 saturated heterocycles. The van der Waals surface area contributed by atoms with Gasteiger partial charge in [0.2, 0.25) is 5.91 Å². The average Bonchev–Trinajstić information content (AvgIpc) is 2.93. The van der Waals surface area contributed by atoms with Crippen LogP contribution in [0, 0.1) is 0 Å². The van der Waals surface area contributed by atoms with Crippen molar-refractivity contribution < 1.29 is 19.2 Å². The molecule has 1 aromatic heterocycles. The Hall–Kier alpha value is -2.22. The first-order valence-corrected chi connectivity index (χ1v) is 7.40. The second-order valence-corrected chi connectivity index (χ2v) is 6.01. The van der Waals surface area contributed by atoms with Crippen molar-refractivity contribution in [2.75, 3.05) is 5.73 Å². The van der Waals surface area contributed by atoms with Gasteiger partial charge in [0.05, 0.1) is 16.1 Å². The van der Waals surface area contributed by atoms with Crippen molar-refractivity contribution in [1.29, 1.82) is 0 Å². The lowest BCUT2D eigenvalue weighted by atomic mass is 9.84. The van der Waals surface area contributed by atoms with Crippen LogP contribution in [0.25, 0.3) is 0 Å². The predicted molar refractivity (Wildman–Crippen MR) is 74.6 cm³/mol. The first kappa shape index (κ1) is 13.7. The van der Waals surface area contributed by atoms with Crippen LogP contribution in [-0.2, 0) is 9.59 Å². The lowest BCUT2D eigenvalue weighted by molar-refractivity contribution is -0.142. The molecular formula is C13H13N3O4S. The minimum absolute atomic E-state index is 0.0962. The first-order valence-electron chi connectivity index (χ1n) is 6.52. The van der Waals surface area contributed by atoms with Gasteiger partial charge in [-0.3, -0.25) is 29.4 Å². The number of nitrogen functional groups attached to an aromatic ring is 1. The summed E-state index contributed by atoms with van der Waals surface area (Å²) < 4.78 is 0. The fourth-order valence-corrected chi connectivity index (χ4v) is 3.69. The van der Waals surface area contributed by atoms with Gasteiger partial charge in [-0.15, -0.1) is 11.3 Å². The van der Waals surface area contributed by atoms with Gasteiger partial charge in [-0.1, -0.05) is 6.92 Å². The van der Waals surface area contributed by atoms with Crippen LogP contribution < -0.4 is 11.1 Å². The number of thiophene rings is 1. The third-order valence-electron chi connectivity index (χ3n) is 4.12. The summed E-state index contributed by atoms with van der Waals surface area (Å²) in [7, 11) is 0. The van der Waals surface area contributed by atoms with Gasteiger partial charge < -0.3 is 5.73 Å². The highest BCUT2D eigenvalue weighted by atomic mass is 32.1. The number of hydrogen-bond acceptors (Lipinski definition) is 6. The zero-order valence-electron chi connectivity index (χ0n) is 11.3. The Balaban J connectivity index is 2.08. The summed E-state index contributed by atoms with van der Waals surface area (Å²) in [6, 6.07) is 0. The van der Waals surface area contributed by atoms with Gasteiger partial charge >= 0.3 is 0 Å². The molecule has 0 bridgehead atoms. The second-order valence-electron chi connectivity index (χ2n) is 5.10.